The Morgan fingerprint density at radius 3 is 1.53 bits per heavy atom. The van der Waals surface area contributed by atoms with Gasteiger partial charge < -0.3 is 10.6 Å². The molecule has 166 valence electrons. The maximum atomic E-state index is 12.7. The number of nitrogens with zero attached hydrogens (tertiary/aromatic N) is 1. The Morgan fingerprint density at radius 1 is 0.656 bits per heavy atom. The standard InChI is InChI=1S/C27H31N3O2/c1-26(2,3)19-7-11-21(12-8-19)29-24(31)18-15-16-28-23(17-18)25(32)30-22-13-9-20(10-14-22)27(4,5)6/h7-17H,1-6H3,(H,29,31)(H,30,32). The van der Waals surface area contributed by atoms with Crippen LogP contribution in [0.5, 0.6) is 0 Å². The van der Waals surface area contributed by atoms with Crippen LogP contribution < -0.4 is 10.6 Å². The lowest BCUT2D eigenvalue weighted by Crippen LogP contribution is -2.17. The summed E-state index contributed by atoms with van der Waals surface area (Å²) in [5.74, 6) is -0.655. The van der Waals surface area contributed by atoms with Crippen molar-refractivity contribution in [2.45, 2.75) is 52.4 Å². The van der Waals surface area contributed by atoms with E-state index in [9.17, 15) is 9.59 Å². The number of carbonyl (C=O) groups is 2. The molecule has 5 heteroatoms. The van der Waals surface area contributed by atoms with Crippen molar-refractivity contribution in [1.82, 2.24) is 4.98 Å². The van der Waals surface area contributed by atoms with Crippen molar-refractivity contribution in [1.29, 1.82) is 0 Å². The Bertz CT molecular complexity index is 1020. The summed E-state index contributed by atoms with van der Waals surface area (Å²) >= 11 is 0. The fourth-order valence-corrected chi connectivity index (χ4v) is 3.20. The number of benzene rings is 2. The highest BCUT2D eigenvalue weighted by Gasteiger charge is 2.16. The Morgan fingerprint density at radius 2 is 1.09 bits per heavy atom. The van der Waals surface area contributed by atoms with Crippen LogP contribution in [-0.4, -0.2) is 16.8 Å². The second kappa shape index (κ2) is 8.95. The van der Waals surface area contributed by atoms with E-state index >= 15 is 0 Å². The lowest BCUT2D eigenvalue weighted by Gasteiger charge is -2.19. The number of rotatable bonds is 4. The van der Waals surface area contributed by atoms with Crippen molar-refractivity contribution in [3.05, 3.63) is 89.2 Å². The lowest BCUT2D eigenvalue weighted by molar-refractivity contribution is 0.102. The molecule has 1 heterocycles. The first-order valence-electron chi connectivity index (χ1n) is 10.7. The number of hydrogen-bond acceptors (Lipinski definition) is 3. The maximum absolute atomic E-state index is 12.7. The van der Waals surface area contributed by atoms with E-state index in [1.54, 1.807) is 6.07 Å². The summed E-state index contributed by atoms with van der Waals surface area (Å²) in [5, 5.41) is 5.71. The van der Waals surface area contributed by atoms with Crippen LogP contribution in [0.25, 0.3) is 0 Å². The van der Waals surface area contributed by atoms with Crippen molar-refractivity contribution in [3.63, 3.8) is 0 Å². The molecule has 1 aromatic heterocycles. The number of carbonyl (C=O) groups excluding carboxylic acids is 2. The minimum Gasteiger partial charge on any atom is -0.322 e. The zero-order chi connectivity index (χ0) is 23.5. The minimum atomic E-state index is -0.363. The van der Waals surface area contributed by atoms with E-state index in [0.29, 0.717) is 16.9 Å². The Kier molecular flexibility index (Phi) is 6.49. The normalized spacial score (nSPS) is 11.7. The fourth-order valence-electron chi connectivity index (χ4n) is 3.20. The molecule has 0 atom stereocenters. The van der Waals surface area contributed by atoms with E-state index in [-0.39, 0.29) is 28.3 Å². The fraction of sp³-hybridized carbons (Fsp3) is 0.296. The van der Waals surface area contributed by atoms with Crippen LogP contribution in [-0.2, 0) is 10.8 Å². The molecule has 3 rings (SSSR count). The third-order valence-electron chi connectivity index (χ3n) is 5.27. The average Bonchev–Trinajstić information content (AvgIpc) is 2.73. The molecule has 0 fully saturated rings. The van der Waals surface area contributed by atoms with E-state index in [1.165, 1.54) is 23.4 Å². The minimum absolute atomic E-state index is 0.0405. The van der Waals surface area contributed by atoms with Gasteiger partial charge >= 0.3 is 0 Å². The molecular formula is C27H31N3O2. The van der Waals surface area contributed by atoms with Gasteiger partial charge in [0.1, 0.15) is 5.69 Å². The molecule has 2 aromatic carbocycles. The van der Waals surface area contributed by atoms with Gasteiger partial charge in [-0.25, -0.2) is 0 Å². The predicted octanol–water partition coefficient (Wildman–Crippen LogP) is 6.18. The third-order valence-corrected chi connectivity index (χ3v) is 5.27. The number of amides is 2. The summed E-state index contributed by atoms with van der Waals surface area (Å²) in [6, 6.07) is 18.6. The summed E-state index contributed by atoms with van der Waals surface area (Å²) in [7, 11) is 0. The molecule has 0 bridgehead atoms. The Balaban J connectivity index is 1.69. The Labute approximate surface area is 190 Å². The van der Waals surface area contributed by atoms with Gasteiger partial charge in [-0.15, -0.1) is 0 Å². The highest BCUT2D eigenvalue weighted by Crippen LogP contribution is 2.25. The van der Waals surface area contributed by atoms with Crippen LogP contribution in [0.2, 0.25) is 0 Å². The lowest BCUT2D eigenvalue weighted by atomic mass is 9.87. The highest BCUT2D eigenvalue weighted by atomic mass is 16.2. The molecule has 0 saturated heterocycles. The van der Waals surface area contributed by atoms with Crippen molar-refractivity contribution in [2.75, 3.05) is 10.6 Å². The van der Waals surface area contributed by atoms with E-state index in [1.807, 2.05) is 48.5 Å². The van der Waals surface area contributed by atoms with E-state index in [4.69, 9.17) is 0 Å². The molecule has 5 nitrogen and oxygen atoms in total. The number of aromatic nitrogens is 1. The first-order chi connectivity index (χ1) is 14.9. The summed E-state index contributed by atoms with van der Waals surface area (Å²) in [6.45, 7) is 12.8. The van der Waals surface area contributed by atoms with E-state index in [2.05, 4.69) is 57.2 Å². The van der Waals surface area contributed by atoms with E-state index in [0.717, 1.165) is 0 Å². The quantitative estimate of drug-likeness (QED) is 0.520. The van der Waals surface area contributed by atoms with Gasteiger partial charge in [0, 0.05) is 23.1 Å². The van der Waals surface area contributed by atoms with Crippen molar-refractivity contribution in [3.8, 4) is 0 Å². The zero-order valence-corrected chi connectivity index (χ0v) is 19.6. The van der Waals surface area contributed by atoms with Crippen LogP contribution in [0, 0.1) is 0 Å². The predicted molar refractivity (Wildman–Crippen MR) is 130 cm³/mol. The van der Waals surface area contributed by atoms with Gasteiger partial charge in [-0.05, 0) is 58.4 Å². The van der Waals surface area contributed by atoms with E-state index < -0.39 is 0 Å². The molecule has 0 radical (unpaired) electrons. The molecule has 0 aliphatic heterocycles. The molecule has 32 heavy (non-hydrogen) atoms. The van der Waals surface area contributed by atoms with Crippen LogP contribution in [0.1, 0.15) is 73.5 Å². The van der Waals surface area contributed by atoms with Gasteiger partial charge in [0.05, 0.1) is 0 Å². The number of nitrogens with one attached hydrogen (secondary N) is 2. The van der Waals surface area contributed by atoms with Crippen LogP contribution in [0.4, 0.5) is 11.4 Å². The van der Waals surface area contributed by atoms with Gasteiger partial charge in [0.2, 0.25) is 0 Å². The third kappa shape index (κ3) is 5.82. The second-order valence-corrected chi connectivity index (χ2v) is 9.99. The first kappa shape index (κ1) is 23.2. The second-order valence-electron chi connectivity index (χ2n) is 9.99. The first-order valence-corrected chi connectivity index (χ1v) is 10.7. The van der Waals surface area contributed by atoms with Crippen LogP contribution in [0.15, 0.2) is 66.9 Å². The molecule has 2 N–H and O–H groups in total. The summed E-state index contributed by atoms with van der Waals surface area (Å²) in [6.07, 6.45) is 1.47. The summed E-state index contributed by atoms with van der Waals surface area (Å²) in [4.78, 5) is 29.5. The molecule has 0 spiro atoms. The summed E-state index contributed by atoms with van der Waals surface area (Å²) in [5.41, 5.74) is 4.38. The van der Waals surface area contributed by atoms with Crippen molar-refractivity contribution in [2.24, 2.45) is 0 Å². The van der Waals surface area contributed by atoms with Gasteiger partial charge in [0.25, 0.3) is 11.8 Å². The van der Waals surface area contributed by atoms with Gasteiger partial charge in [-0.1, -0.05) is 65.8 Å². The molecule has 2 amide bonds. The van der Waals surface area contributed by atoms with Gasteiger partial charge in [-0.2, -0.15) is 0 Å². The molecule has 0 unspecified atom stereocenters. The Hall–Kier alpha value is -3.47. The maximum Gasteiger partial charge on any atom is 0.274 e. The number of hydrogen-bond donors (Lipinski definition) is 2. The highest BCUT2D eigenvalue weighted by molar-refractivity contribution is 6.07. The smallest absolute Gasteiger partial charge is 0.274 e. The number of pyridine rings is 1. The molecule has 3 aromatic rings. The van der Waals surface area contributed by atoms with Crippen molar-refractivity contribution >= 4 is 23.2 Å². The molecular weight excluding hydrogens is 398 g/mol. The molecule has 0 aliphatic rings. The number of anilines is 2. The van der Waals surface area contributed by atoms with Crippen LogP contribution in [0.3, 0.4) is 0 Å². The van der Waals surface area contributed by atoms with Gasteiger partial charge in [-0.3, -0.25) is 14.6 Å². The summed E-state index contributed by atoms with van der Waals surface area (Å²) < 4.78 is 0. The van der Waals surface area contributed by atoms with Crippen LogP contribution >= 0.6 is 0 Å². The topological polar surface area (TPSA) is 71.1 Å². The van der Waals surface area contributed by atoms with Crippen molar-refractivity contribution < 1.29 is 9.59 Å². The largest absolute Gasteiger partial charge is 0.322 e. The average molecular weight is 430 g/mol. The monoisotopic (exact) mass is 429 g/mol. The zero-order valence-electron chi connectivity index (χ0n) is 19.6. The van der Waals surface area contributed by atoms with Gasteiger partial charge in [0.15, 0.2) is 0 Å². The molecule has 0 saturated carbocycles. The SMILES string of the molecule is CC(C)(C)c1ccc(NC(=O)c2ccnc(C(=O)Nc3ccc(C(C)(C)C)cc3)c2)cc1. The molecule has 0 aliphatic carbocycles.